The highest BCUT2D eigenvalue weighted by Gasteiger charge is 2.10. The lowest BCUT2D eigenvalue weighted by atomic mass is 10.1. The Morgan fingerprint density at radius 2 is 1.10 bits per heavy atom. The summed E-state index contributed by atoms with van der Waals surface area (Å²) < 4.78 is 19.3. The second kappa shape index (κ2) is 15.6. The van der Waals surface area contributed by atoms with Crippen molar-refractivity contribution in [3.63, 3.8) is 0 Å². The maximum Gasteiger partial charge on any atom is 0.692 e. The standard InChI is InChI=1S/C12H27O3P.HO3P/c1-2-3-4-5-6-7-8-9-10-11-12-16(13,14)15;1-4(2)3/h2-12H2,1H3,(H2,13,14,15);(H-,1,2,3)/p+1. The van der Waals surface area contributed by atoms with E-state index in [-0.39, 0.29) is 6.16 Å². The van der Waals surface area contributed by atoms with Gasteiger partial charge in [0.2, 0.25) is 0 Å². The second-order valence-electron chi connectivity index (χ2n) is 4.82. The summed E-state index contributed by atoms with van der Waals surface area (Å²) in [5.74, 6) is 0. The molecule has 0 aromatic rings. The number of hydrogen-bond donors (Lipinski definition) is 4. The molecule has 8 heteroatoms. The predicted octanol–water partition coefficient (Wildman–Crippen LogP) is 3.71. The van der Waals surface area contributed by atoms with Crippen molar-refractivity contribution in [2.24, 2.45) is 0 Å². The SMILES string of the molecule is CCCCCCCCCCCCP(=O)(O)O.O=[P+](O)O. The molecule has 0 bridgehead atoms. The van der Waals surface area contributed by atoms with Crippen LogP contribution in [-0.2, 0) is 9.13 Å². The summed E-state index contributed by atoms with van der Waals surface area (Å²) in [4.78, 5) is 31.5. The summed E-state index contributed by atoms with van der Waals surface area (Å²) in [7, 11) is -6.61. The average molecular weight is 331 g/mol. The van der Waals surface area contributed by atoms with Crippen molar-refractivity contribution in [2.75, 3.05) is 6.16 Å². The molecule has 0 aliphatic heterocycles. The van der Waals surface area contributed by atoms with Crippen molar-refractivity contribution < 1.29 is 28.7 Å². The largest absolute Gasteiger partial charge is 0.692 e. The Labute approximate surface area is 122 Å². The fourth-order valence-corrected chi connectivity index (χ4v) is 2.44. The third kappa shape index (κ3) is 30.9. The van der Waals surface area contributed by atoms with Crippen LogP contribution in [0.5, 0.6) is 0 Å². The fraction of sp³-hybridized carbons (Fsp3) is 1.00. The Bertz CT molecular complexity index is 263. The van der Waals surface area contributed by atoms with Gasteiger partial charge in [0, 0.05) is 10.7 Å². The van der Waals surface area contributed by atoms with Gasteiger partial charge in [0.05, 0.1) is 0 Å². The summed E-state index contributed by atoms with van der Waals surface area (Å²) in [6.45, 7) is 2.22. The molecule has 0 unspecified atom stereocenters. The van der Waals surface area contributed by atoms with Crippen LogP contribution >= 0.6 is 15.9 Å². The van der Waals surface area contributed by atoms with Gasteiger partial charge in [-0.25, -0.2) is 0 Å². The number of rotatable bonds is 11. The van der Waals surface area contributed by atoms with E-state index < -0.39 is 15.9 Å². The van der Waals surface area contributed by atoms with Crippen molar-refractivity contribution in [1.29, 1.82) is 0 Å². The second-order valence-corrected chi connectivity index (χ2v) is 7.11. The topological polar surface area (TPSA) is 115 Å². The average Bonchev–Trinajstić information content (AvgIpc) is 2.29. The highest BCUT2D eigenvalue weighted by Crippen LogP contribution is 2.35. The van der Waals surface area contributed by atoms with Crippen LogP contribution in [0.15, 0.2) is 0 Å². The molecule has 0 aromatic heterocycles. The molecule has 6 nitrogen and oxygen atoms in total. The minimum absolute atomic E-state index is 0.0590. The van der Waals surface area contributed by atoms with Crippen molar-refractivity contribution in [3.05, 3.63) is 0 Å². The zero-order valence-corrected chi connectivity index (χ0v) is 14.1. The highest BCUT2D eigenvalue weighted by molar-refractivity contribution is 7.51. The van der Waals surface area contributed by atoms with E-state index in [0.717, 1.165) is 12.8 Å². The van der Waals surface area contributed by atoms with Crippen molar-refractivity contribution >= 4 is 15.9 Å². The van der Waals surface area contributed by atoms with Gasteiger partial charge in [0.25, 0.3) is 0 Å². The molecule has 20 heavy (non-hydrogen) atoms. The zero-order valence-electron chi connectivity index (χ0n) is 12.3. The molecule has 0 saturated carbocycles. The lowest BCUT2D eigenvalue weighted by Gasteiger charge is -2.03. The lowest BCUT2D eigenvalue weighted by Crippen LogP contribution is -1.88. The van der Waals surface area contributed by atoms with Gasteiger partial charge in [-0.2, -0.15) is 0 Å². The first-order valence-corrected chi connectivity index (χ1v) is 10.2. The predicted molar refractivity (Wildman–Crippen MR) is 80.8 cm³/mol. The van der Waals surface area contributed by atoms with Gasteiger partial charge in [0.1, 0.15) is 0 Å². The van der Waals surface area contributed by atoms with Crippen molar-refractivity contribution in [3.8, 4) is 0 Å². The van der Waals surface area contributed by atoms with E-state index in [1.165, 1.54) is 44.9 Å². The maximum absolute atomic E-state index is 10.6. The third-order valence-corrected chi connectivity index (χ3v) is 3.70. The molecule has 0 aliphatic carbocycles. The van der Waals surface area contributed by atoms with Crippen molar-refractivity contribution in [1.82, 2.24) is 0 Å². The number of unbranched alkanes of at least 4 members (excludes halogenated alkanes) is 9. The van der Waals surface area contributed by atoms with E-state index in [1.54, 1.807) is 0 Å². The van der Waals surface area contributed by atoms with E-state index in [1.807, 2.05) is 0 Å². The normalized spacial score (nSPS) is 10.8. The number of hydrogen-bond acceptors (Lipinski definition) is 2. The highest BCUT2D eigenvalue weighted by atomic mass is 31.2. The van der Waals surface area contributed by atoms with Crippen LogP contribution < -0.4 is 0 Å². The van der Waals surface area contributed by atoms with E-state index in [9.17, 15) is 4.57 Å². The van der Waals surface area contributed by atoms with Crippen LogP contribution in [-0.4, -0.2) is 25.7 Å². The minimum Gasteiger partial charge on any atom is -0.324 e. The summed E-state index contributed by atoms with van der Waals surface area (Å²) in [5.41, 5.74) is 0. The molecule has 0 fully saturated rings. The Balaban J connectivity index is 0. The van der Waals surface area contributed by atoms with Gasteiger partial charge in [0.15, 0.2) is 0 Å². The van der Waals surface area contributed by atoms with E-state index in [4.69, 9.17) is 24.1 Å². The first-order chi connectivity index (χ1) is 9.29. The molecule has 4 N–H and O–H groups in total. The molecule has 0 amide bonds. The van der Waals surface area contributed by atoms with E-state index in [2.05, 4.69) is 6.92 Å². The van der Waals surface area contributed by atoms with Gasteiger partial charge in [-0.05, 0) is 6.42 Å². The summed E-state index contributed by atoms with van der Waals surface area (Å²) in [6.07, 6.45) is 12.0. The Morgan fingerprint density at radius 3 is 1.40 bits per heavy atom. The molecule has 0 aliphatic rings. The molecule has 0 radical (unpaired) electrons. The van der Waals surface area contributed by atoms with Crippen molar-refractivity contribution in [2.45, 2.75) is 71.1 Å². The Kier molecular flexibility index (Phi) is 17.5. The third-order valence-electron chi connectivity index (χ3n) is 2.80. The quantitative estimate of drug-likeness (QED) is 0.339. The van der Waals surface area contributed by atoms with Crippen LogP contribution in [0.25, 0.3) is 0 Å². The Morgan fingerprint density at radius 1 is 0.800 bits per heavy atom. The summed E-state index contributed by atoms with van der Waals surface area (Å²) >= 11 is 0. The zero-order chi connectivity index (χ0) is 15.9. The molecular formula is C12H29O6P2+. The van der Waals surface area contributed by atoms with Crippen LogP contribution in [0.3, 0.4) is 0 Å². The van der Waals surface area contributed by atoms with Gasteiger partial charge in [-0.1, -0.05) is 64.7 Å². The van der Waals surface area contributed by atoms with Crippen LogP contribution in [0.1, 0.15) is 71.1 Å². The Hall–Kier alpha value is 0.170. The summed E-state index contributed by atoms with van der Waals surface area (Å²) in [6, 6.07) is 0. The van der Waals surface area contributed by atoms with Gasteiger partial charge < -0.3 is 9.79 Å². The van der Waals surface area contributed by atoms with E-state index in [0.29, 0.717) is 6.42 Å². The maximum atomic E-state index is 10.6. The molecule has 0 heterocycles. The molecule has 0 aromatic carbocycles. The molecule has 0 atom stereocenters. The van der Waals surface area contributed by atoms with Crippen LogP contribution in [0.2, 0.25) is 0 Å². The molecule has 122 valence electrons. The van der Waals surface area contributed by atoms with Gasteiger partial charge in [-0.15, -0.1) is 9.79 Å². The van der Waals surface area contributed by atoms with Gasteiger partial charge in [-0.3, -0.25) is 4.57 Å². The molecule has 0 rings (SSSR count). The molecule has 0 saturated heterocycles. The van der Waals surface area contributed by atoms with E-state index >= 15 is 0 Å². The molecule has 0 spiro atoms. The van der Waals surface area contributed by atoms with Crippen LogP contribution in [0.4, 0.5) is 0 Å². The summed E-state index contributed by atoms with van der Waals surface area (Å²) in [5, 5.41) is 0. The first kappa shape index (κ1) is 22.5. The molecular weight excluding hydrogens is 302 g/mol. The monoisotopic (exact) mass is 331 g/mol. The first-order valence-electron chi connectivity index (χ1n) is 7.19. The lowest BCUT2D eigenvalue weighted by molar-refractivity contribution is 0.370. The smallest absolute Gasteiger partial charge is 0.324 e. The fourth-order valence-electron chi connectivity index (χ4n) is 1.81. The van der Waals surface area contributed by atoms with Crippen LogP contribution in [0, 0.1) is 0 Å². The van der Waals surface area contributed by atoms with Gasteiger partial charge >= 0.3 is 15.9 Å². The minimum atomic E-state index is -3.74.